The van der Waals surface area contributed by atoms with Crippen molar-refractivity contribution in [2.45, 2.75) is 44.9 Å². The van der Waals surface area contributed by atoms with Crippen molar-refractivity contribution in [2.75, 3.05) is 13.2 Å². The molecule has 0 bridgehead atoms. The molecule has 0 spiro atoms. The molecule has 1 aromatic carbocycles. The Kier molecular flexibility index (Phi) is 6.05. The predicted molar refractivity (Wildman–Crippen MR) is 94.0 cm³/mol. The molecule has 1 N–H and O–H groups in total. The van der Waals surface area contributed by atoms with Crippen LogP contribution < -0.4 is 15.7 Å². The number of aromatic nitrogens is 3. The van der Waals surface area contributed by atoms with E-state index in [1.165, 1.54) is 16.8 Å². The van der Waals surface area contributed by atoms with Crippen molar-refractivity contribution >= 4 is 5.91 Å². The van der Waals surface area contributed by atoms with Crippen LogP contribution in [0.1, 0.15) is 30.7 Å². The molecule has 152 valence electrons. The molecule has 3 rings (SSSR count). The Balaban J connectivity index is 1.38. The molecule has 7 nitrogen and oxygen atoms in total. The summed E-state index contributed by atoms with van der Waals surface area (Å²) in [6, 6.07) is 4.14. The van der Waals surface area contributed by atoms with Gasteiger partial charge in [0, 0.05) is 26.1 Å². The van der Waals surface area contributed by atoms with Crippen molar-refractivity contribution in [3.8, 4) is 5.75 Å². The van der Waals surface area contributed by atoms with E-state index in [-0.39, 0.29) is 18.0 Å². The summed E-state index contributed by atoms with van der Waals surface area (Å²) in [5.41, 5.74) is -0.896. The van der Waals surface area contributed by atoms with Gasteiger partial charge in [-0.25, -0.2) is 9.48 Å². The number of aryl methyl sites for hydroxylation is 2. The largest absolute Gasteiger partial charge is 0.484 e. The van der Waals surface area contributed by atoms with E-state index in [4.69, 9.17) is 4.74 Å². The quantitative estimate of drug-likeness (QED) is 0.724. The van der Waals surface area contributed by atoms with Gasteiger partial charge >= 0.3 is 11.9 Å². The van der Waals surface area contributed by atoms with Gasteiger partial charge in [0.05, 0.1) is 5.56 Å². The molecule has 0 atom stereocenters. The molecular weight excluding hydrogens is 377 g/mol. The Morgan fingerprint density at radius 2 is 1.96 bits per heavy atom. The second-order valence-corrected chi connectivity index (χ2v) is 6.55. The molecule has 1 amide bonds. The third-order valence-electron chi connectivity index (χ3n) is 4.45. The maximum Gasteiger partial charge on any atom is 0.416 e. The summed E-state index contributed by atoms with van der Waals surface area (Å²) in [6.07, 6.45) is -1.06. The maximum absolute atomic E-state index is 12.5. The molecule has 2 aromatic rings. The minimum atomic E-state index is -4.41. The zero-order chi connectivity index (χ0) is 20.1. The average molecular weight is 398 g/mol. The fourth-order valence-electron chi connectivity index (χ4n) is 2.99. The summed E-state index contributed by atoms with van der Waals surface area (Å²) in [5, 5.41) is 6.96. The molecule has 0 saturated carbocycles. The van der Waals surface area contributed by atoms with Gasteiger partial charge in [0.25, 0.3) is 5.91 Å². The lowest BCUT2D eigenvalue weighted by atomic mass is 10.2. The normalized spacial score (nSPS) is 13.8. The van der Waals surface area contributed by atoms with Crippen molar-refractivity contribution in [1.29, 1.82) is 0 Å². The van der Waals surface area contributed by atoms with Gasteiger partial charge in [-0.2, -0.15) is 18.3 Å². The van der Waals surface area contributed by atoms with Crippen LogP contribution in [-0.2, 0) is 30.5 Å². The summed E-state index contributed by atoms with van der Waals surface area (Å²) < 4.78 is 45.8. The standard InChI is InChI=1S/C18H21F3N4O3/c19-18(20,21)13-5-7-14(8-6-13)28-12-16(26)22-9-3-11-25-17(27)24-10-2-1-4-15(24)23-25/h5-8H,1-4,9-12H2,(H,22,26). The highest BCUT2D eigenvalue weighted by Gasteiger charge is 2.30. The van der Waals surface area contributed by atoms with Gasteiger partial charge in [0.1, 0.15) is 11.6 Å². The highest BCUT2D eigenvalue weighted by atomic mass is 19.4. The molecule has 0 saturated heterocycles. The Labute approximate surface area is 159 Å². The number of nitrogens with one attached hydrogen (secondary N) is 1. The maximum atomic E-state index is 12.5. The number of nitrogens with zero attached hydrogens (tertiary/aromatic N) is 3. The van der Waals surface area contributed by atoms with E-state index in [1.54, 1.807) is 4.57 Å². The second kappa shape index (κ2) is 8.49. The number of carbonyl (C=O) groups excluding carboxylic acids is 1. The smallest absolute Gasteiger partial charge is 0.416 e. The molecule has 1 aromatic heterocycles. The molecule has 0 aliphatic carbocycles. The second-order valence-electron chi connectivity index (χ2n) is 6.55. The first kappa shape index (κ1) is 20.0. The van der Waals surface area contributed by atoms with Crippen LogP contribution in [0, 0.1) is 0 Å². The Hall–Kier alpha value is -2.78. The number of amides is 1. The number of carbonyl (C=O) groups is 1. The lowest BCUT2D eigenvalue weighted by Crippen LogP contribution is -2.31. The van der Waals surface area contributed by atoms with Crippen molar-refractivity contribution < 1.29 is 22.7 Å². The Bertz CT molecular complexity index is 872. The van der Waals surface area contributed by atoms with Gasteiger partial charge in [0.2, 0.25) is 0 Å². The van der Waals surface area contributed by atoms with Crippen LogP contribution in [0.5, 0.6) is 5.75 Å². The average Bonchev–Trinajstić information content (AvgIpc) is 2.99. The highest BCUT2D eigenvalue weighted by Crippen LogP contribution is 2.30. The van der Waals surface area contributed by atoms with Gasteiger partial charge in [-0.1, -0.05) is 0 Å². The topological polar surface area (TPSA) is 78.2 Å². The zero-order valence-corrected chi connectivity index (χ0v) is 15.2. The van der Waals surface area contributed by atoms with Crippen molar-refractivity contribution in [3.63, 3.8) is 0 Å². The van der Waals surface area contributed by atoms with Crippen LogP contribution in [0.2, 0.25) is 0 Å². The third kappa shape index (κ3) is 4.93. The first-order valence-corrected chi connectivity index (χ1v) is 9.08. The summed E-state index contributed by atoms with van der Waals surface area (Å²) >= 11 is 0. The number of halogens is 3. The lowest BCUT2D eigenvalue weighted by Gasteiger charge is -2.09. The fourth-order valence-corrected chi connectivity index (χ4v) is 2.99. The van der Waals surface area contributed by atoms with E-state index < -0.39 is 17.6 Å². The SMILES string of the molecule is O=C(COc1ccc(C(F)(F)F)cc1)NCCCn1nc2n(c1=O)CCCC2. The number of rotatable bonds is 7. The van der Waals surface area contributed by atoms with Gasteiger partial charge < -0.3 is 10.1 Å². The van der Waals surface area contributed by atoms with E-state index >= 15 is 0 Å². The number of hydrogen-bond acceptors (Lipinski definition) is 4. The van der Waals surface area contributed by atoms with Gasteiger partial charge in [-0.15, -0.1) is 0 Å². The van der Waals surface area contributed by atoms with Crippen LogP contribution >= 0.6 is 0 Å². The molecule has 28 heavy (non-hydrogen) atoms. The molecule has 2 heterocycles. The monoisotopic (exact) mass is 398 g/mol. The number of fused-ring (bicyclic) bond motifs is 1. The van der Waals surface area contributed by atoms with Gasteiger partial charge in [-0.05, 0) is 43.5 Å². The Morgan fingerprint density at radius 1 is 1.21 bits per heavy atom. The lowest BCUT2D eigenvalue weighted by molar-refractivity contribution is -0.137. The molecule has 10 heteroatoms. The van der Waals surface area contributed by atoms with Crippen LogP contribution in [0.15, 0.2) is 29.1 Å². The van der Waals surface area contributed by atoms with Gasteiger partial charge in [0.15, 0.2) is 6.61 Å². The van der Waals surface area contributed by atoms with Crippen LogP contribution in [-0.4, -0.2) is 33.4 Å². The zero-order valence-electron chi connectivity index (χ0n) is 15.2. The number of alkyl halides is 3. The number of benzene rings is 1. The molecule has 0 unspecified atom stereocenters. The van der Waals surface area contributed by atoms with Gasteiger partial charge in [-0.3, -0.25) is 9.36 Å². The highest BCUT2D eigenvalue weighted by molar-refractivity contribution is 5.77. The molecular formula is C18H21F3N4O3. The number of hydrogen-bond donors (Lipinski definition) is 1. The minimum absolute atomic E-state index is 0.119. The van der Waals surface area contributed by atoms with Crippen molar-refractivity contribution in [3.05, 3.63) is 46.1 Å². The summed E-state index contributed by atoms with van der Waals surface area (Å²) in [4.78, 5) is 23.9. The van der Waals surface area contributed by atoms with E-state index in [1.807, 2.05) is 0 Å². The van der Waals surface area contributed by atoms with E-state index in [9.17, 15) is 22.8 Å². The summed E-state index contributed by atoms with van der Waals surface area (Å²) in [5.74, 6) is 0.597. The minimum Gasteiger partial charge on any atom is -0.484 e. The molecule has 0 radical (unpaired) electrons. The number of ether oxygens (including phenoxy) is 1. The first-order chi connectivity index (χ1) is 13.3. The molecule has 0 fully saturated rings. The van der Waals surface area contributed by atoms with E-state index in [2.05, 4.69) is 10.4 Å². The molecule has 1 aliphatic heterocycles. The summed E-state index contributed by atoms with van der Waals surface area (Å²) in [7, 11) is 0. The predicted octanol–water partition coefficient (Wildman–Crippen LogP) is 1.99. The van der Waals surface area contributed by atoms with E-state index in [0.29, 0.717) is 26.1 Å². The van der Waals surface area contributed by atoms with E-state index in [0.717, 1.165) is 37.2 Å². The van der Waals surface area contributed by atoms with Crippen LogP contribution in [0.4, 0.5) is 13.2 Å². The summed E-state index contributed by atoms with van der Waals surface area (Å²) in [6.45, 7) is 1.14. The Morgan fingerprint density at radius 3 is 2.64 bits per heavy atom. The van der Waals surface area contributed by atoms with Crippen LogP contribution in [0.25, 0.3) is 0 Å². The fraction of sp³-hybridized carbons (Fsp3) is 0.500. The third-order valence-corrected chi connectivity index (χ3v) is 4.45. The van der Waals surface area contributed by atoms with Crippen molar-refractivity contribution in [1.82, 2.24) is 19.7 Å². The molecule has 1 aliphatic rings. The first-order valence-electron chi connectivity index (χ1n) is 9.08. The van der Waals surface area contributed by atoms with Crippen molar-refractivity contribution in [2.24, 2.45) is 0 Å². The van der Waals surface area contributed by atoms with Crippen LogP contribution in [0.3, 0.4) is 0 Å².